The maximum atomic E-state index is 13.9. The Labute approximate surface area is 332 Å². The van der Waals surface area contributed by atoms with Crippen LogP contribution in [-0.4, -0.2) is 19.1 Å². The van der Waals surface area contributed by atoms with Crippen LogP contribution in [0.1, 0.15) is 0 Å². The van der Waals surface area contributed by atoms with Crippen molar-refractivity contribution in [3.63, 3.8) is 0 Å². The van der Waals surface area contributed by atoms with E-state index in [9.17, 15) is 8.78 Å². The highest BCUT2D eigenvalue weighted by atomic mass is 19.1. The smallest absolute Gasteiger partial charge is 0.160 e. The predicted octanol–water partition coefficient (Wildman–Crippen LogP) is 13.6. The summed E-state index contributed by atoms with van der Waals surface area (Å²) in [7, 11) is 0. The third kappa shape index (κ3) is 5.65. The van der Waals surface area contributed by atoms with Gasteiger partial charge in [-0.1, -0.05) is 78.9 Å². The molecular formula is C52H32F2N4. The fourth-order valence-corrected chi connectivity index (χ4v) is 8.31. The van der Waals surface area contributed by atoms with Crippen molar-refractivity contribution in [2.24, 2.45) is 0 Å². The summed E-state index contributed by atoms with van der Waals surface area (Å²) in [6, 6.07) is 63.9. The molecule has 11 aromatic rings. The van der Waals surface area contributed by atoms with Crippen LogP contribution in [0.4, 0.5) is 8.78 Å². The molecule has 11 rings (SSSR count). The number of nitrogens with zero attached hydrogens (tertiary/aromatic N) is 4. The minimum atomic E-state index is -0.333. The Kier molecular flexibility index (Phi) is 7.83. The van der Waals surface area contributed by atoms with E-state index in [2.05, 4.69) is 149 Å². The maximum absolute atomic E-state index is 13.9. The van der Waals surface area contributed by atoms with Gasteiger partial charge in [0.25, 0.3) is 0 Å². The van der Waals surface area contributed by atoms with Gasteiger partial charge in [-0.15, -0.1) is 0 Å². The lowest BCUT2D eigenvalue weighted by Gasteiger charge is -2.12. The molecule has 0 aliphatic carbocycles. The zero-order chi connectivity index (χ0) is 38.7. The number of rotatable bonds is 6. The molecule has 8 aromatic carbocycles. The molecule has 0 unspecified atom stereocenters. The fraction of sp³-hybridized carbons (Fsp3) is 0. The van der Waals surface area contributed by atoms with Gasteiger partial charge in [0.05, 0.1) is 33.5 Å². The van der Waals surface area contributed by atoms with Crippen LogP contribution in [0, 0.1) is 11.6 Å². The summed E-state index contributed by atoms with van der Waals surface area (Å²) in [5, 5.41) is 4.80. The first-order valence-corrected chi connectivity index (χ1v) is 19.2. The van der Waals surface area contributed by atoms with Crippen molar-refractivity contribution in [2.75, 3.05) is 0 Å². The van der Waals surface area contributed by atoms with E-state index >= 15 is 0 Å². The zero-order valence-corrected chi connectivity index (χ0v) is 31.0. The summed E-state index contributed by atoms with van der Waals surface area (Å²) in [5.41, 5.74) is 12.8. The molecule has 0 aliphatic heterocycles. The molecule has 274 valence electrons. The Morgan fingerprint density at radius 2 is 0.707 bits per heavy atom. The molecule has 0 saturated carbocycles. The van der Waals surface area contributed by atoms with Crippen molar-refractivity contribution < 1.29 is 8.78 Å². The van der Waals surface area contributed by atoms with Crippen LogP contribution in [0.5, 0.6) is 0 Å². The lowest BCUT2D eigenvalue weighted by atomic mass is 10.0. The second-order valence-corrected chi connectivity index (χ2v) is 14.5. The number of fused-ring (bicyclic) bond motifs is 6. The van der Waals surface area contributed by atoms with Crippen LogP contribution in [0.15, 0.2) is 194 Å². The lowest BCUT2D eigenvalue weighted by molar-refractivity contribution is 0.627. The molecule has 6 heteroatoms. The first-order valence-electron chi connectivity index (χ1n) is 19.2. The largest absolute Gasteiger partial charge is 0.309 e. The van der Waals surface area contributed by atoms with E-state index in [0.29, 0.717) is 22.8 Å². The molecule has 0 bridgehead atoms. The molecule has 0 atom stereocenters. The molecule has 4 nitrogen and oxygen atoms in total. The van der Waals surface area contributed by atoms with E-state index in [0.717, 1.165) is 44.7 Å². The summed E-state index contributed by atoms with van der Waals surface area (Å²) < 4.78 is 32.3. The monoisotopic (exact) mass is 750 g/mol. The predicted molar refractivity (Wildman–Crippen MR) is 232 cm³/mol. The van der Waals surface area contributed by atoms with Crippen molar-refractivity contribution >= 4 is 43.6 Å². The average Bonchev–Trinajstić information content (AvgIpc) is 3.79. The molecule has 0 radical (unpaired) electrons. The molecule has 0 N–H and O–H groups in total. The van der Waals surface area contributed by atoms with Crippen LogP contribution in [-0.2, 0) is 0 Å². The molecule has 0 fully saturated rings. The number of benzene rings is 8. The van der Waals surface area contributed by atoms with Gasteiger partial charge in [-0.05, 0) is 126 Å². The minimum Gasteiger partial charge on any atom is -0.309 e. The Morgan fingerprint density at radius 3 is 1.22 bits per heavy atom. The topological polar surface area (TPSA) is 35.6 Å². The molecule has 58 heavy (non-hydrogen) atoms. The van der Waals surface area contributed by atoms with Crippen molar-refractivity contribution in [3.8, 4) is 56.4 Å². The molecule has 3 heterocycles. The highest BCUT2D eigenvalue weighted by Gasteiger charge is 2.17. The van der Waals surface area contributed by atoms with Crippen LogP contribution in [0.2, 0.25) is 0 Å². The van der Waals surface area contributed by atoms with Gasteiger partial charge in [0.2, 0.25) is 0 Å². The number of hydrogen-bond acceptors (Lipinski definition) is 2. The van der Waals surface area contributed by atoms with E-state index in [-0.39, 0.29) is 11.6 Å². The Balaban J connectivity index is 1.00. The van der Waals surface area contributed by atoms with Crippen LogP contribution in [0.3, 0.4) is 0 Å². The summed E-state index contributed by atoms with van der Waals surface area (Å²) in [5.74, 6) is -0.195. The van der Waals surface area contributed by atoms with Gasteiger partial charge in [0.1, 0.15) is 11.6 Å². The second kappa shape index (κ2) is 13.5. The van der Waals surface area contributed by atoms with Crippen molar-refractivity contribution in [3.05, 3.63) is 206 Å². The molecular weight excluding hydrogens is 719 g/mol. The normalized spacial score (nSPS) is 11.6. The SMILES string of the molecule is Fc1ccc(-c2cc(-c3ccc(-n4c5ccccc5c5cc(-c6ccc7c(c6)c6ccccc6n7-c6ccccc6)ccc54)cc3)nc(-c3ccc(F)cc3)n2)cc1. The zero-order valence-electron chi connectivity index (χ0n) is 31.0. The van der Waals surface area contributed by atoms with Gasteiger partial charge < -0.3 is 9.13 Å². The number of para-hydroxylation sites is 3. The standard InChI is InChI=1S/C52H32F2N4/c53-38-22-14-33(15-23-38)46-32-47(56-52(55-46)35-16-24-39(54)25-17-35)34-18-26-41(27-19-34)58-49-13-7-5-11-43(49)45-31-37(21-29-51(45)58)36-20-28-50-44(30-36)42-10-4-6-12-48(42)57(50)40-8-2-1-3-9-40/h1-32H. The highest BCUT2D eigenvalue weighted by molar-refractivity contribution is 6.12. The van der Waals surface area contributed by atoms with E-state index in [1.54, 1.807) is 24.3 Å². The summed E-state index contributed by atoms with van der Waals surface area (Å²) in [6.45, 7) is 0. The second-order valence-electron chi connectivity index (χ2n) is 14.5. The first kappa shape index (κ1) is 33.6. The van der Waals surface area contributed by atoms with E-state index in [4.69, 9.17) is 9.97 Å². The molecule has 0 saturated heterocycles. The number of halogens is 2. The molecule has 0 aliphatic rings. The Morgan fingerprint density at radius 1 is 0.310 bits per heavy atom. The maximum Gasteiger partial charge on any atom is 0.160 e. The summed E-state index contributed by atoms with van der Waals surface area (Å²) >= 11 is 0. The van der Waals surface area contributed by atoms with Crippen LogP contribution in [0.25, 0.3) is 100 Å². The fourth-order valence-electron chi connectivity index (χ4n) is 8.31. The third-order valence-corrected chi connectivity index (χ3v) is 11.1. The molecule has 3 aromatic heterocycles. The van der Waals surface area contributed by atoms with Gasteiger partial charge in [0, 0.05) is 49.6 Å². The lowest BCUT2D eigenvalue weighted by Crippen LogP contribution is -1.97. The van der Waals surface area contributed by atoms with Crippen LogP contribution < -0.4 is 0 Å². The Bertz CT molecular complexity index is 3270. The number of hydrogen-bond donors (Lipinski definition) is 0. The van der Waals surface area contributed by atoms with Crippen molar-refractivity contribution in [1.29, 1.82) is 0 Å². The van der Waals surface area contributed by atoms with Crippen molar-refractivity contribution in [2.45, 2.75) is 0 Å². The highest BCUT2D eigenvalue weighted by Crippen LogP contribution is 2.39. The van der Waals surface area contributed by atoms with Gasteiger partial charge in [-0.3, -0.25) is 0 Å². The van der Waals surface area contributed by atoms with Gasteiger partial charge in [-0.25, -0.2) is 18.7 Å². The van der Waals surface area contributed by atoms with E-state index in [1.807, 2.05) is 6.07 Å². The van der Waals surface area contributed by atoms with Crippen LogP contribution >= 0.6 is 0 Å². The van der Waals surface area contributed by atoms with Crippen molar-refractivity contribution in [1.82, 2.24) is 19.1 Å². The first-order chi connectivity index (χ1) is 28.6. The summed E-state index contributed by atoms with van der Waals surface area (Å²) in [4.78, 5) is 9.71. The third-order valence-electron chi connectivity index (χ3n) is 11.1. The van der Waals surface area contributed by atoms with Gasteiger partial charge >= 0.3 is 0 Å². The Hall–Kier alpha value is -7.70. The quantitative estimate of drug-likeness (QED) is 0.170. The summed E-state index contributed by atoms with van der Waals surface area (Å²) in [6.07, 6.45) is 0. The number of aromatic nitrogens is 4. The van der Waals surface area contributed by atoms with E-state index in [1.165, 1.54) is 56.8 Å². The average molecular weight is 751 g/mol. The van der Waals surface area contributed by atoms with E-state index < -0.39 is 0 Å². The molecule has 0 amide bonds. The van der Waals surface area contributed by atoms with Gasteiger partial charge in [-0.2, -0.15) is 0 Å². The minimum absolute atomic E-state index is 0.321. The molecule has 0 spiro atoms. The van der Waals surface area contributed by atoms with Gasteiger partial charge in [0.15, 0.2) is 5.82 Å².